The lowest BCUT2D eigenvalue weighted by Crippen LogP contribution is -2.40. The molecule has 6 heteroatoms. The number of nitrogens with one attached hydrogen (secondary N) is 1. The Morgan fingerprint density at radius 1 is 1.12 bits per heavy atom. The first-order valence-electron chi connectivity index (χ1n) is 12.5. The van der Waals surface area contributed by atoms with Crippen molar-refractivity contribution >= 4 is 28.3 Å². The van der Waals surface area contributed by atoms with Crippen molar-refractivity contribution in [3.05, 3.63) is 70.4 Å². The Morgan fingerprint density at radius 2 is 1.91 bits per heavy atom. The Kier molecular flexibility index (Phi) is 5.98. The first-order chi connectivity index (χ1) is 16.6. The van der Waals surface area contributed by atoms with E-state index in [4.69, 9.17) is 21.1 Å². The molecule has 2 aromatic carbocycles. The predicted molar refractivity (Wildman–Crippen MR) is 133 cm³/mol. The molecule has 4 heterocycles. The van der Waals surface area contributed by atoms with Crippen LogP contribution in [0.2, 0.25) is 5.02 Å². The molecule has 3 aliphatic rings. The minimum atomic E-state index is -0.570. The summed E-state index contributed by atoms with van der Waals surface area (Å²) in [4.78, 5) is 14.1. The summed E-state index contributed by atoms with van der Waals surface area (Å²) in [6.07, 6.45) is 6.52. The summed E-state index contributed by atoms with van der Waals surface area (Å²) < 4.78 is 14.4. The van der Waals surface area contributed by atoms with Crippen LogP contribution in [0, 0.1) is 5.92 Å². The average Bonchev–Trinajstić information content (AvgIpc) is 3.39. The number of ketones is 1. The largest absolute Gasteiger partial charge is 0.381 e. The van der Waals surface area contributed by atoms with E-state index in [1.807, 2.05) is 30.5 Å². The minimum Gasteiger partial charge on any atom is -0.381 e. The summed E-state index contributed by atoms with van der Waals surface area (Å²) in [6, 6.07) is 14.1. The van der Waals surface area contributed by atoms with Gasteiger partial charge in [0.2, 0.25) is 0 Å². The number of piperidine rings is 1. The third-order valence-corrected chi connectivity index (χ3v) is 8.19. The standard InChI is InChI=1S/C28H31ClN2O3/c29-20-5-6-21-23(18-31(25(21)17-20)14-7-19-8-15-33-16-9-19)26(32)27-22-3-1-2-4-24(22)28(34-27)10-12-30-13-11-28/h1-6,17-19,27,30H,7-16H2/t27-/m1/s1. The van der Waals surface area contributed by atoms with Crippen LogP contribution in [0.15, 0.2) is 48.7 Å². The predicted octanol–water partition coefficient (Wildman–Crippen LogP) is 5.64. The van der Waals surface area contributed by atoms with Gasteiger partial charge in [0.1, 0.15) is 6.10 Å². The Hall–Kier alpha value is -2.18. The number of halogens is 1. The fraction of sp³-hybridized carbons (Fsp3) is 0.464. The summed E-state index contributed by atoms with van der Waals surface area (Å²) in [6.45, 7) is 4.37. The fourth-order valence-corrected chi connectivity index (χ4v) is 6.22. The second-order valence-electron chi connectivity index (χ2n) is 9.94. The highest BCUT2D eigenvalue weighted by atomic mass is 35.5. The van der Waals surface area contributed by atoms with Crippen molar-refractivity contribution < 1.29 is 14.3 Å². The van der Waals surface area contributed by atoms with Crippen LogP contribution in [0.4, 0.5) is 0 Å². The van der Waals surface area contributed by atoms with Crippen LogP contribution in [-0.4, -0.2) is 36.7 Å². The van der Waals surface area contributed by atoms with Crippen LogP contribution in [0.3, 0.4) is 0 Å². The fourth-order valence-electron chi connectivity index (χ4n) is 6.05. The molecule has 2 saturated heterocycles. The van der Waals surface area contributed by atoms with E-state index < -0.39 is 6.10 Å². The van der Waals surface area contributed by atoms with Crippen molar-refractivity contribution in [3.8, 4) is 0 Å². The highest BCUT2D eigenvalue weighted by Crippen LogP contribution is 2.49. The number of ether oxygens (including phenoxy) is 2. The molecule has 0 amide bonds. The number of hydrogen-bond donors (Lipinski definition) is 1. The number of carbonyl (C=O) groups is 1. The second-order valence-corrected chi connectivity index (χ2v) is 10.4. The van der Waals surface area contributed by atoms with E-state index >= 15 is 0 Å². The van der Waals surface area contributed by atoms with E-state index in [2.05, 4.69) is 28.1 Å². The first-order valence-corrected chi connectivity index (χ1v) is 12.9. The van der Waals surface area contributed by atoms with Gasteiger partial charge in [-0.05, 0) is 74.4 Å². The van der Waals surface area contributed by atoms with Crippen molar-refractivity contribution in [1.82, 2.24) is 9.88 Å². The van der Waals surface area contributed by atoms with Gasteiger partial charge < -0.3 is 19.4 Å². The summed E-state index contributed by atoms with van der Waals surface area (Å²) in [5.41, 5.74) is 3.58. The van der Waals surface area contributed by atoms with E-state index in [0.717, 1.165) is 87.0 Å². The van der Waals surface area contributed by atoms with Crippen LogP contribution in [0.5, 0.6) is 0 Å². The molecule has 178 valence electrons. The summed E-state index contributed by atoms with van der Waals surface area (Å²) >= 11 is 6.37. The minimum absolute atomic E-state index is 0.0417. The molecule has 0 aliphatic carbocycles. The molecular weight excluding hydrogens is 448 g/mol. The van der Waals surface area contributed by atoms with Gasteiger partial charge in [-0.25, -0.2) is 0 Å². The van der Waals surface area contributed by atoms with Gasteiger partial charge in [-0.15, -0.1) is 0 Å². The van der Waals surface area contributed by atoms with Crippen molar-refractivity contribution in [1.29, 1.82) is 0 Å². The number of benzene rings is 2. The third kappa shape index (κ3) is 3.89. The number of Topliss-reactive ketones (excluding diaryl/α,β-unsaturated/α-hetero) is 1. The number of nitrogens with zero attached hydrogens (tertiary/aromatic N) is 1. The van der Waals surface area contributed by atoms with E-state index in [-0.39, 0.29) is 11.4 Å². The zero-order valence-electron chi connectivity index (χ0n) is 19.4. The molecule has 5 nitrogen and oxygen atoms in total. The Bertz CT molecular complexity index is 1210. The normalized spacial score (nSPS) is 22.3. The lowest BCUT2D eigenvalue weighted by Gasteiger charge is -2.34. The molecule has 1 N–H and O–H groups in total. The monoisotopic (exact) mass is 478 g/mol. The molecule has 0 radical (unpaired) electrons. The van der Waals surface area contributed by atoms with Gasteiger partial charge in [-0.3, -0.25) is 4.79 Å². The maximum Gasteiger partial charge on any atom is 0.198 e. The van der Waals surface area contributed by atoms with Crippen molar-refractivity contribution in [3.63, 3.8) is 0 Å². The first kappa shape index (κ1) is 22.3. The Balaban J connectivity index is 1.34. The summed E-state index contributed by atoms with van der Waals surface area (Å²) in [5, 5.41) is 5.07. The molecule has 1 spiro atoms. The quantitative estimate of drug-likeness (QED) is 0.482. The van der Waals surface area contributed by atoms with Gasteiger partial charge in [0.15, 0.2) is 5.78 Å². The van der Waals surface area contributed by atoms with Gasteiger partial charge in [0.05, 0.1) is 11.1 Å². The van der Waals surface area contributed by atoms with Gasteiger partial charge in [-0.2, -0.15) is 0 Å². The lowest BCUT2D eigenvalue weighted by molar-refractivity contribution is -0.0805. The van der Waals surface area contributed by atoms with Crippen LogP contribution in [0.25, 0.3) is 10.9 Å². The molecule has 0 unspecified atom stereocenters. The van der Waals surface area contributed by atoms with Crippen molar-refractivity contribution in [2.45, 2.75) is 50.4 Å². The molecular formula is C28H31ClN2O3. The highest BCUT2D eigenvalue weighted by Gasteiger charge is 2.48. The van der Waals surface area contributed by atoms with Gasteiger partial charge >= 0.3 is 0 Å². The molecule has 0 bridgehead atoms. The number of rotatable bonds is 5. The number of hydrogen-bond acceptors (Lipinski definition) is 4. The molecule has 3 aliphatic heterocycles. The Morgan fingerprint density at radius 3 is 2.74 bits per heavy atom. The van der Waals surface area contributed by atoms with Crippen molar-refractivity contribution in [2.75, 3.05) is 26.3 Å². The highest BCUT2D eigenvalue weighted by molar-refractivity contribution is 6.31. The zero-order chi connectivity index (χ0) is 23.1. The smallest absolute Gasteiger partial charge is 0.198 e. The van der Waals surface area contributed by atoms with Crippen LogP contribution < -0.4 is 5.32 Å². The van der Waals surface area contributed by atoms with E-state index in [9.17, 15) is 4.79 Å². The summed E-state index contributed by atoms with van der Waals surface area (Å²) in [5.74, 6) is 0.703. The maximum atomic E-state index is 14.1. The molecule has 2 fully saturated rings. The molecule has 34 heavy (non-hydrogen) atoms. The van der Waals surface area contributed by atoms with Crippen LogP contribution >= 0.6 is 11.6 Å². The summed E-state index contributed by atoms with van der Waals surface area (Å²) in [7, 11) is 0. The van der Waals surface area contributed by atoms with Gasteiger partial charge in [0, 0.05) is 41.9 Å². The number of fused-ring (bicyclic) bond motifs is 3. The molecule has 0 saturated carbocycles. The number of aryl methyl sites for hydroxylation is 1. The number of aromatic nitrogens is 1. The third-order valence-electron chi connectivity index (χ3n) is 7.96. The topological polar surface area (TPSA) is 52.5 Å². The maximum absolute atomic E-state index is 14.1. The molecule has 1 aromatic heterocycles. The zero-order valence-corrected chi connectivity index (χ0v) is 20.2. The average molecular weight is 479 g/mol. The molecule has 6 rings (SSSR count). The molecule has 3 aromatic rings. The van der Waals surface area contributed by atoms with Gasteiger partial charge in [-0.1, -0.05) is 41.9 Å². The Labute approximate surface area is 205 Å². The van der Waals surface area contributed by atoms with Crippen molar-refractivity contribution in [2.24, 2.45) is 5.92 Å². The van der Waals surface area contributed by atoms with Crippen LogP contribution in [0.1, 0.15) is 59.7 Å². The molecule has 1 atom stereocenters. The number of carbonyl (C=O) groups excluding carboxylic acids is 1. The van der Waals surface area contributed by atoms with E-state index in [0.29, 0.717) is 10.9 Å². The second kappa shape index (κ2) is 9.12. The van der Waals surface area contributed by atoms with E-state index in [1.165, 1.54) is 5.56 Å². The van der Waals surface area contributed by atoms with Crippen LogP contribution in [-0.2, 0) is 21.6 Å². The van der Waals surface area contributed by atoms with E-state index in [1.54, 1.807) is 0 Å². The lowest BCUT2D eigenvalue weighted by atomic mass is 9.84. The van der Waals surface area contributed by atoms with Gasteiger partial charge in [0.25, 0.3) is 0 Å². The SMILES string of the molecule is O=C(c1cn(CCC2CCOCC2)c2cc(Cl)ccc12)[C@@H]1OC2(CCNCC2)c2ccccc21.